The lowest BCUT2D eigenvalue weighted by Crippen LogP contribution is -2.24. The SMILES string of the molecule is CC[C@H](C)c1ccccc1OCC(=O)N/N=C\c1ccsc1. The molecule has 2 rings (SSSR count). The first-order valence-electron chi connectivity index (χ1n) is 7.26. The number of hydrogen-bond acceptors (Lipinski definition) is 4. The van der Waals surface area contributed by atoms with E-state index in [1.165, 1.54) is 0 Å². The number of benzene rings is 1. The molecule has 5 heteroatoms. The van der Waals surface area contributed by atoms with Crippen molar-refractivity contribution < 1.29 is 9.53 Å². The van der Waals surface area contributed by atoms with Gasteiger partial charge >= 0.3 is 0 Å². The number of amides is 1. The normalized spacial score (nSPS) is 12.3. The van der Waals surface area contributed by atoms with Crippen LogP contribution in [0, 0.1) is 0 Å². The van der Waals surface area contributed by atoms with Crippen LogP contribution in [0.15, 0.2) is 46.2 Å². The number of rotatable bonds is 7. The Morgan fingerprint density at radius 2 is 2.23 bits per heavy atom. The van der Waals surface area contributed by atoms with Gasteiger partial charge in [0, 0.05) is 5.56 Å². The molecule has 0 aliphatic heterocycles. The van der Waals surface area contributed by atoms with E-state index in [0.29, 0.717) is 5.92 Å². The number of carbonyl (C=O) groups excluding carboxylic acids is 1. The van der Waals surface area contributed by atoms with E-state index in [1.807, 2.05) is 41.1 Å². The van der Waals surface area contributed by atoms with Crippen molar-refractivity contribution in [3.8, 4) is 5.75 Å². The Balaban J connectivity index is 1.86. The van der Waals surface area contributed by atoms with Crippen molar-refractivity contribution in [3.05, 3.63) is 52.2 Å². The van der Waals surface area contributed by atoms with Gasteiger partial charge in [0.25, 0.3) is 5.91 Å². The van der Waals surface area contributed by atoms with Crippen LogP contribution in [0.1, 0.15) is 37.3 Å². The summed E-state index contributed by atoms with van der Waals surface area (Å²) in [6.45, 7) is 4.23. The Morgan fingerprint density at radius 1 is 1.41 bits per heavy atom. The van der Waals surface area contributed by atoms with Crippen LogP contribution in [0.3, 0.4) is 0 Å². The fourth-order valence-corrected chi connectivity index (χ4v) is 2.55. The van der Waals surface area contributed by atoms with Gasteiger partial charge in [-0.1, -0.05) is 32.0 Å². The number of para-hydroxylation sites is 1. The predicted octanol–water partition coefficient (Wildman–Crippen LogP) is 3.79. The summed E-state index contributed by atoms with van der Waals surface area (Å²) in [5, 5.41) is 7.81. The van der Waals surface area contributed by atoms with E-state index in [4.69, 9.17) is 4.74 Å². The van der Waals surface area contributed by atoms with Crippen LogP contribution in [-0.2, 0) is 4.79 Å². The van der Waals surface area contributed by atoms with Gasteiger partial charge in [0.05, 0.1) is 6.21 Å². The first-order chi connectivity index (χ1) is 10.7. The second-order valence-electron chi connectivity index (χ2n) is 4.99. The zero-order valence-electron chi connectivity index (χ0n) is 12.8. The summed E-state index contributed by atoms with van der Waals surface area (Å²) < 4.78 is 5.63. The van der Waals surface area contributed by atoms with Crippen molar-refractivity contribution in [2.75, 3.05) is 6.61 Å². The Kier molecular flexibility index (Phi) is 6.15. The van der Waals surface area contributed by atoms with Crippen molar-refractivity contribution in [1.29, 1.82) is 0 Å². The van der Waals surface area contributed by atoms with Crippen LogP contribution >= 0.6 is 11.3 Å². The molecule has 0 unspecified atom stereocenters. The highest BCUT2D eigenvalue weighted by Crippen LogP contribution is 2.28. The number of hydrazone groups is 1. The lowest BCUT2D eigenvalue weighted by atomic mass is 9.98. The van der Waals surface area contributed by atoms with Crippen molar-refractivity contribution in [1.82, 2.24) is 5.43 Å². The molecule has 116 valence electrons. The van der Waals surface area contributed by atoms with Gasteiger partial charge in [0.2, 0.25) is 0 Å². The van der Waals surface area contributed by atoms with Gasteiger partial charge in [0.15, 0.2) is 6.61 Å². The molecule has 4 nitrogen and oxygen atoms in total. The first kappa shape index (κ1) is 16.2. The smallest absolute Gasteiger partial charge is 0.277 e. The minimum absolute atomic E-state index is 0.0472. The summed E-state index contributed by atoms with van der Waals surface area (Å²) in [6, 6.07) is 9.76. The maximum absolute atomic E-state index is 11.7. The molecule has 1 aromatic carbocycles. The highest BCUT2D eigenvalue weighted by Gasteiger charge is 2.10. The predicted molar refractivity (Wildman–Crippen MR) is 90.7 cm³/mol. The van der Waals surface area contributed by atoms with Crippen molar-refractivity contribution >= 4 is 23.5 Å². The van der Waals surface area contributed by atoms with Gasteiger partial charge in [-0.05, 0) is 40.8 Å². The molecule has 0 radical (unpaired) electrons. The quantitative estimate of drug-likeness (QED) is 0.624. The van der Waals surface area contributed by atoms with Crippen LogP contribution in [-0.4, -0.2) is 18.7 Å². The molecule has 0 saturated carbocycles. The number of thiophene rings is 1. The summed E-state index contributed by atoms with van der Waals surface area (Å²) in [7, 11) is 0. The number of nitrogens with zero attached hydrogens (tertiary/aromatic N) is 1. The van der Waals surface area contributed by atoms with Crippen molar-refractivity contribution in [2.45, 2.75) is 26.2 Å². The Hall–Kier alpha value is -2.14. The fraction of sp³-hybridized carbons (Fsp3) is 0.294. The summed E-state index contributed by atoms with van der Waals surface area (Å²) in [5.41, 5.74) is 4.55. The second-order valence-corrected chi connectivity index (χ2v) is 5.77. The van der Waals surface area contributed by atoms with Crippen LogP contribution in [0.25, 0.3) is 0 Å². The molecule has 0 fully saturated rings. The van der Waals surface area contributed by atoms with E-state index in [0.717, 1.165) is 23.3 Å². The lowest BCUT2D eigenvalue weighted by molar-refractivity contribution is -0.123. The Bertz CT molecular complexity index is 623. The van der Waals surface area contributed by atoms with Gasteiger partial charge in [-0.15, -0.1) is 0 Å². The number of nitrogens with one attached hydrogen (secondary N) is 1. The van der Waals surface area contributed by atoms with E-state index in [1.54, 1.807) is 17.6 Å². The lowest BCUT2D eigenvalue weighted by Gasteiger charge is -2.15. The van der Waals surface area contributed by atoms with Gasteiger partial charge in [0.1, 0.15) is 5.75 Å². The van der Waals surface area contributed by atoms with E-state index in [9.17, 15) is 4.79 Å². The molecule has 1 atom stereocenters. The maximum atomic E-state index is 11.7. The molecule has 0 bridgehead atoms. The molecule has 22 heavy (non-hydrogen) atoms. The number of hydrogen-bond donors (Lipinski definition) is 1. The minimum atomic E-state index is -0.273. The average molecular weight is 316 g/mol. The third kappa shape index (κ3) is 4.70. The summed E-state index contributed by atoms with van der Waals surface area (Å²) >= 11 is 1.58. The van der Waals surface area contributed by atoms with Crippen molar-refractivity contribution in [2.24, 2.45) is 5.10 Å². The second kappa shape index (κ2) is 8.34. The molecular weight excluding hydrogens is 296 g/mol. The van der Waals surface area contributed by atoms with Gasteiger partial charge in [-0.25, -0.2) is 5.43 Å². The van der Waals surface area contributed by atoms with Gasteiger partial charge in [-0.2, -0.15) is 16.4 Å². The van der Waals surface area contributed by atoms with E-state index in [2.05, 4.69) is 24.4 Å². The molecule has 0 saturated heterocycles. The molecule has 1 heterocycles. The monoisotopic (exact) mass is 316 g/mol. The molecule has 0 aliphatic rings. The number of ether oxygens (including phenoxy) is 1. The molecule has 1 amide bonds. The summed E-state index contributed by atoms with van der Waals surface area (Å²) in [6.07, 6.45) is 2.64. The largest absolute Gasteiger partial charge is 0.483 e. The third-order valence-electron chi connectivity index (χ3n) is 3.37. The minimum Gasteiger partial charge on any atom is -0.483 e. The van der Waals surface area contributed by atoms with Crippen LogP contribution in [0.4, 0.5) is 0 Å². The zero-order valence-corrected chi connectivity index (χ0v) is 13.6. The standard InChI is InChI=1S/C17H20N2O2S/c1-3-13(2)15-6-4-5-7-16(15)21-11-17(20)19-18-10-14-8-9-22-12-14/h4-10,12-13H,3,11H2,1-2H3,(H,19,20)/b18-10-/t13-/m0/s1. The van der Waals surface area contributed by atoms with Crippen LogP contribution in [0.5, 0.6) is 5.75 Å². The third-order valence-corrected chi connectivity index (χ3v) is 4.07. The number of carbonyl (C=O) groups is 1. The molecular formula is C17H20N2O2S. The molecule has 1 aromatic heterocycles. The van der Waals surface area contributed by atoms with Gasteiger partial charge in [-0.3, -0.25) is 4.79 Å². The van der Waals surface area contributed by atoms with E-state index in [-0.39, 0.29) is 12.5 Å². The zero-order chi connectivity index (χ0) is 15.8. The highest BCUT2D eigenvalue weighted by molar-refractivity contribution is 7.08. The topological polar surface area (TPSA) is 50.7 Å². The molecule has 2 aromatic rings. The maximum Gasteiger partial charge on any atom is 0.277 e. The Morgan fingerprint density at radius 3 is 2.95 bits per heavy atom. The Labute approximate surface area is 134 Å². The van der Waals surface area contributed by atoms with Crippen LogP contribution < -0.4 is 10.2 Å². The van der Waals surface area contributed by atoms with E-state index >= 15 is 0 Å². The first-order valence-corrected chi connectivity index (χ1v) is 8.20. The van der Waals surface area contributed by atoms with E-state index < -0.39 is 0 Å². The summed E-state index contributed by atoms with van der Waals surface area (Å²) in [5.74, 6) is 0.884. The van der Waals surface area contributed by atoms with Gasteiger partial charge < -0.3 is 4.74 Å². The highest BCUT2D eigenvalue weighted by atomic mass is 32.1. The van der Waals surface area contributed by atoms with Crippen LogP contribution in [0.2, 0.25) is 0 Å². The summed E-state index contributed by atoms with van der Waals surface area (Å²) in [4.78, 5) is 11.7. The molecule has 0 spiro atoms. The fourth-order valence-electron chi connectivity index (χ4n) is 1.94. The van der Waals surface area contributed by atoms with Crippen molar-refractivity contribution in [3.63, 3.8) is 0 Å². The molecule has 1 N–H and O–H groups in total. The average Bonchev–Trinajstić information content (AvgIpc) is 3.06. The molecule has 0 aliphatic carbocycles.